The summed E-state index contributed by atoms with van der Waals surface area (Å²) in [5.74, 6) is -0.808. The third-order valence-corrected chi connectivity index (χ3v) is 5.55. The number of nitrogens with zero attached hydrogens (tertiary/aromatic N) is 1. The lowest BCUT2D eigenvalue weighted by atomic mass is 10.00. The lowest BCUT2D eigenvalue weighted by Gasteiger charge is -2.31. The van der Waals surface area contributed by atoms with Crippen LogP contribution < -0.4 is 4.90 Å². The van der Waals surface area contributed by atoms with Crippen molar-refractivity contribution in [2.24, 2.45) is 5.41 Å². The number of rotatable bonds is 5. The van der Waals surface area contributed by atoms with Gasteiger partial charge in [0.2, 0.25) is 5.91 Å². The first-order valence-electron chi connectivity index (χ1n) is 8.55. The summed E-state index contributed by atoms with van der Waals surface area (Å²) in [6.45, 7) is 12.9. The van der Waals surface area contributed by atoms with Gasteiger partial charge in [0.15, 0.2) is 5.12 Å². The van der Waals surface area contributed by atoms with E-state index in [0.29, 0.717) is 5.69 Å². The fourth-order valence-corrected chi connectivity index (χ4v) is 3.36. The Morgan fingerprint density at radius 2 is 1.65 bits per heavy atom. The lowest BCUT2D eigenvalue weighted by Crippen LogP contribution is -2.46. The molecule has 0 aliphatic carbocycles. The Morgan fingerprint density at radius 3 is 2.15 bits per heavy atom. The third-order valence-electron chi connectivity index (χ3n) is 4.28. The van der Waals surface area contributed by atoms with Crippen molar-refractivity contribution in [2.75, 3.05) is 17.8 Å². The van der Waals surface area contributed by atoms with E-state index in [0.717, 1.165) is 28.5 Å². The first kappa shape index (κ1) is 22.2. The number of ether oxygens (including phenoxy) is 1. The zero-order chi connectivity index (χ0) is 20.2. The van der Waals surface area contributed by atoms with Crippen LogP contribution in [0, 0.1) is 26.2 Å². The van der Waals surface area contributed by atoms with Crippen molar-refractivity contribution in [3.05, 3.63) is 28.8 Å². The molecule has 0 saturated heterocycles. The SMILES string of the molecule is COC(=O)[C@H](C)N(C(=O)CSC(=O)C(C)(C)C)c1c(C)ccc(C)c1C. The highest BCUT2D eigenvalue weighted by Gasteiger charge is 2.32. The number of carbonyl (C=O) groups is 3. The molecule has 0 unspecified atom stereocenters. The van der Waals surface area contributed by atoms with Crippen LogP contribution in [0.2, 0.25) is 0 Å². The van der Waals surface area contributed by atoms with Gasteiger partial charge in [0.05, 0.1) is 18.6 Å². The predicted molar refractivity (Wildman–Crippen MR) is 107 cm³/mol. The van der Waals surface area contributed by atoms with Gasteiger partial charge in [-0.15, -0.1) is 0 Å². The molecule has 0 spiro atoms. The van der Waals surface area contributed by atoms with Gasteiger partial charge < -0.3 is 4.74 Å². The zero-order valence-corrected chi connectivity index (χ0v) is 17.7. The summed E-state index contributed by atoms with van der Waals surface area (Å²) in [6, 6.07) is 3.13. The van der Waals surface area contributed by atoms with Crippen molar-refractivity contribution in [3.8, 4) is 0 Å². The average molecular weight is 380 g/mol. The van der Waals surface area contributed by atoms with E-state index in [1.807, 2.05) is 53.7 Å². The molecule has 0 fully saturated rings. The number of anilines is 1. The lowest BCUT2D eigenvalue weighted by molar-refractivity contribution is -0.142. The van der Waals surface area contributed by atoms with Crippen LogP contribution in [-0.4, -0.2) is 35.9 Å². The molecule has 0 radical (unpaired) electrons. The minimum Gasteiger partial charge on any atom is -0.467 e. The van der Waals surface area contributed by atoms with Crippen molar-refractivity contribution in [3.63, 3.8) is 0 Å². The van der Waals surface area contributed by atoms with E-state index < -0.39 is 17.4 Å². The molecule has 1 amide bonds. The molecule has 6 heteroatoms. The van der Waals surface area contributed by atoms with Gasteiger partial charge >= 0.3 is 5.97 Å². The molecule has 0 N–H and O–H groups in total. The quantitative estimate of drug-likeness (QED) is 0.728. The maximum absolute atomic E-state index is 13.0. The molecule has 0 saturated carbocycles. The molecular formula is C20H29NO4S. The highest BCUT2D eigenvalue weighted by molar-refractivity contribution is 8.14. The van der Waals surface area contributed by atoms with Gasteiger partial charge in [-0.1, -0.05) is 44.7 Å². The van der Waals surface area contributed by atoms with Crippen LogP contribution in [0.3, 0.4) is 0 Å². The average Bonchev–Trinajstić information content (AvgIpc) is 2.57. The predicted octanol–water partition coefficient (Wildman–Crippen LogP) is 3.81. The molecule has 26 heavy (non-hydrogen) atoms. The molecule has 0 aromatic heterocycles. The second kappa shape index (κ2) is 8.71. The number of amides is 1. The number of hydrogen-bond donors (Lipinski definition) is 0. The number of benzene rings is 1. The number of methoxy groups -OCH3 is 1. The van der Waals surface area contributed by atoms with Gasteiger partial charge in [-0.2, -0.15) is 0 Å². The molecule has 0 heterocycles. The van der Waals surface area contributed by atoms with Gasteiger partial charge in [0, 0.05) is 5.41 Å². The standard InChI is InChI=1S/C20H29NO4S/c1-12-9-10-13(2)17(14(12)3)21(15(4)18(23)25-8)16(22)11-26-19(24)20(5,6)7/h9-10,15H,11H2,1-8H3/t15-/m0/s1. The zero-order valence-electron chi connectivity index (χ0n) is 16.9. The van der Waals surface area contributed by atoms with Crippen molar-refractivity contribution < 1.29 is 19.1 Å². The Morgan fingerprint density at radius 1 is 1.12 bits per heavy atom. The molecule has 1 atom stereocenters. The maximum Gasteiger partial charge on any atom is 0.328 e. The van der Waals surface area contributed by atoms with Crippen LogP contribution in [0.4, 0.5) is 5.69 Å². The van der Waals surface area contributed by atoms with E-state index in [4.69, 9.17) is 4.74 Å². The van der Waals surface area contributed by atoms with Gasteiger partial charge in [-0.25, -0.2) is 4.79 Å². The number of carbonyl (C=O) groups excluding carboxylic acids is 3. The summed E-state index contributed by atoms with van der Waals surface area (Å²) in [4.78, 5) is 38.8. The summed E-state index contributed by atoms with van der Waals surface area (Å²) in [7, 11) is 1.30. The van der Waals surface area contributed by atoms with Crippen LogP contribution in [0.5, 0.6) is 0 Å². The summed E-state index contributed by atoms with van der Waals surface area (Å²) < 4.78 is 4.85. The van der Waals surface area contributed by atoms with E-state index >= 15 is 0 Å². The number of thioether (sulfide) groups is 1. The summed E-state index contributed by atoms with van der Waals surface area (Å²) >= 11 is 0.985. The van der Waals surface area contributed by atoms with E-state index in [1.165, 1.54) is 12.0 Å². The van der Waals surface area contributed by atoms with Crippen LogP contribution in [-0.2, 0) is 19.1 Å². The summed E-state index contributed by atoms with van der Waals surface area (Å²) in [5.41, 5.74) is 3.03. The van der Waals surface area contributed by atoms with Crippen LogP contribution >= 0.6 is 11.8 Å². The third kappa shape index (κ3) is 5.10. The Balaban J connectivity index is 3.27. The minimum atomic E-state index is -0.781. The maximum atomic E-state index is 13.0. The molecule has 0 bridgehead atoms. The Kier molecular flexibility index (Phi) is 7.45. The number of esters is 1. The van der Waals surface area contributed by atoms with Crippen molar-refractivity contribution in [1.82, 2.24) is 0 Å². The Hall–Kier alpha value is -1.82. The second-order valence-corrected chi connectivity index (χ2v) is 8.41. The molecule has 1 aromatic rings. The largest absolute Gasteiger partial charge is 0.467 e. The van der Waals surface area contributed by atoms with Gasteiger partial charge in [0.1, 0.15) is 6.04 Å². The van der Waals surface area contributed by atoms with E-state index in [1.54, 1.807) is 6.92 Å². The van der Waals surface area contributed by atoms with Gasteiger partial charge in [-0.05, 0) is 44.4 Å². The van der Waals surface area contributed by atoms with Crippen LogP contribution in [0.15, 0.2) is 12.1 Å². The van der Waals surface area contributed by atoms with E-state index in [2.05, 4.69) is 0 Å². The number of hydrogen-bond acceptors (Lipinski definition) is 5. The number of aryl methyl sites for hydroxylation is 2. The molecule has 144 valence electrons. The molecule has 1 rings (SSSR count). The van der Waals surface area contributed by atoms with Crippen molar-refractivity contribution in [1.29, 1.82) is 0 Å². The topological polar surface area (TPSA) is 63.7 Å². The second-order valence-electron chi connectivity index (χ2n) is 7.46. The highest BCUT2D eigenvalue weighted by atomic mass is 32.2. The molecular weight excluding hydrogens is 350 g/mol. The van der Waals surface area contributed by atoms with Crippen molar-refractivity contribution >= 4 is 34.4 Å². The first-order valence-corrected chi connectivity index (χ1v) is 9.54. The van der Waals surface area contributed by atoms with Crippen LogP contribution in [0.1, 0.15) is 44.4 Å². The van der Waals surface area contributed by atoms with Gasteiger partial charge in [-0.3, -0.25) is 14.5 Å². The molecule has 0 aliphatic heterocycles. The molecule has 5 nitrogen and oxygen atoms in total. The first-order chi connectivity index (χ1) is 11.9. The monoisotopic (exact) mass is 379 g/mol. The smallest absolute Gasteiger partial charge is 0.328 e. The van der Waals surface area contributed by atoms with E-state index in [-0.39, 0.29) is 16.8 Å². The molecule has 1 aromatic carbocycles. The fraction of sp³-hybridized carbons (Fsp3) is 0.550. The Labute approximate surface area is 160 Å². The Bertz CT molecular complexity index is 706. The normalized spacial score (nSPS) is 12.5. The van der Waals surface area contributed by atoms with E-state index in [9.17, 15) is 14.4 Å². The summed E-state index contributed by atoms with van der Waals surface area (Å²) in [5, 5.41) is -0.0609. The van der Waals surface area contributed by atoms with Gasteiger partial charge in [0.25, 0.3) is 0 Å². The van der Waals surface area contributed by atoms with Crippen molar-refractivity contribution in [2.45, 2.75) is 54.5 Å². The fourth-order valence-electron chi connectivity index (χ4n) is 2.53. The highest BCUT2D eigenvalue weighted by Crippen LogP contribution is 2.31. The van der Waals surface area contributed by atoms with Crippen LogP contribution in [0.25, 0.3) is 0 Å². The molecule has 0 aliphatic rings. The minimum absolute atomic E-state index is 0.0236. The summed E-state index contributed by atoms with van der Waals surface area (Å²) in [6.07, 6.45) is 0.